The number of fused-ring (bicyclic) bond motifs is 1. The van der Waals surface area contributed by atoms with Crippen molar-refractivity contribution in [3.05, 3.63) is 17.0 Å². The molecule has 0 bridgehead atoms. The smallest absolute Gasteiger partial charge is 0.274 e. The normalized spacial score (nSPS) is 27.3. The summed E-state index contributed by atoms with van der Waals surface area (Å²) in [6.45, 7) is 5.76. The number of H-pyrrole nitrogens is 1. The largest absolute Gasteiger partial charge is 0.369 e. The van der Waals surface area contributed by atoms with Gasteiger partial charge in [0.25, 0.3) is 5.91 Å². The average molecular weight is 249 g/mol. The number of rotatable bonds is 1. The first-order valence-electron chi connectivity index (χ1n) is 6.68. The Kier molecular flexibility index (Phi) is 2.86. The van der Waals surface area contributed by atoms with E-state index in [1.165, 1.54) is 0 Å². The van der Waals surface area contributed by atoms with E-state index in [1.807, 2.05) is 18.7 Å². The lowest BCUT2D eigenvalue weighted by Gasteiger charge is -2.25. The molecule has 0 aromatic carbocycles. The molecule has 2 atom stereocenters. The minimum atomic E-state index is -0.00335. The van der Waals surface area contributed by atoms with Crippen LogP contribution in [0.2, 0.25) is 0 Å². The van der Waals surface area contributed by atoms with Gasteiger partial charge < -0.3 is 9.64 Å². The molecule has 1 aromatic heterocycles. The van der Waals surface area contributed by atoms with Crippen LogP contribution in [0.5, 0.6) is 0 Å². The highest BCUT2D eigenvalue weighted by atomic mass is 16.5. The lowest BCUT2D eigenvalue weighted by Crippen LogP contribution is -2.30. The monoisotopic (exact) mass is 249 g/mol. The topological polar surface area (TPSA) is 58.2 Å². The summed E-state index contributed by atoms with van der Waals surface area (Å²) in [5, 5.41) is 7.21. The standard InChI is InChI=1S/C13H19N3O2/c1-8-7-10-11(9(2)18-8)14-15-12(10)13(17)16-5-3-4-6-16/h8-9H,3-7H2,1-2H3,(H,14,15)/t8-,9+/m1/s1. The van der Waals surface area contributed by atoms with Crippen LogP contribution >= 0.6 is 0 Å². The van der Waals surface area contributed by atoms with Gasteiger partial charge in [-0.05, 0) is 26.7 Å². The Morgan fingerprint density at radius 1 is 1.39 bits per heavy atom. The fraction of sp³-hybridized carbons (Fsp3) is 0.692. The zero-order valence-electron chi connectivity index (χ0n) is 10.9. The van der Waals surface area contributed by atoms with Gasteiger partial charge in [0, 0.05) is 25.1 Å². The second-order valence-corrected chi connectivity index (χ2v) is 5.26. The summed E-state index contributed by atoms with van der Waals surface area (Å²) in [5.41, 5.74) is 2.63. The Labute approximate surface area is 107 Å². The summed E-state index contributed by atoms with van der Waals surface area (Å²) in [6.07, 6.45) is 3.12. The maximum atomic E-state index is 12.4. The quantitative estimate of drug-likeness (QED) is 0.823. The molecule has 1 amide bonds. The molecule has 3 heterocycles. The molecular weight excluding hydrogens is 230 g/mol. The molecule has 1 aromatic rings. The van der Waals surface area contributed by atoms with E-state index < -0.39 is 0 Å². The number of carbonyl (C=O) groups excluding carboxylic acids is 1. The van der Waals surface area contributed by atoms with Crippen molar-refractivity contribution < 1.29 is 9.53 Å². The fourth-order valence-corrected chi connectivity index (χ4v) is 2.92. The fourth-order valence-electron chi connectivity index (χ4n) is 2.92. The summed E-state index contributed by atoms with van der Waals surface area (Å²) in [5.74, 6) is 0.0753. The highest BCUT2D eigenvalue weighted by molar-refractivity contribution is 5.94. The van der Waals surface area contributed by atoms with E-state index in [2.05, 4.69) is 10.2 Å². The molecule has 1 N–H and O–H groups in total. The Hall–Kier alpha value is -1.36. The molecule has 1 saturated heterocycles. The summed E-state index contributed by atoms with van der Waals surface area (Å²) in [7, 11) is 0. The molecule has 3 rings (SSSR count). The number of aromatic amines is 1. The molecule has 98 valence electrons. The lowest BCUT2D eigenvalue weighted by molar-refractivity contribution is -0.00701. The summed E-state index contributed by atoms with van der Waals surface area (Å²) >= 11 is 0. The van der Waals surface area contributed by atoms with E-state index in [4.69, 9.17) is 4.74 Å². The molecule has 0 saturated carbocycles. The van der Waals surface area contributed by atoms with E-state index in [1.54, 1.807) is 0 Å². The van der Waals surface area contributed by atoms with Crippen molar-refractivity contribution >= 4 is 5.91 Å². The Balaban J connectivity index is 1.91. The molecule has 0 radical (unpaired) electrons. The zero-order valence-corrected chi connectivity index (χ0v) is 10.9. The van der Waals surface area contributed by atoms with Crippen LogP contribution in [0, 0.1) is 0 Å². The number of ether oxygens (including phenoxy) is 1. The summed E-state index contributed by atoms with van der Waals surface area (Å²) in [4.78, 5) is 14.3. The molecule has 1 fully saturated rings. The first-order valence-corrected chi connectivity index (χ1v) is 6.68. The van der Waals surface area contributed by atoms with Crippen LogP contribution in [0.1, 0.15) is 54.5 Å². The van der Waals surface area contributed by atoms with Crippen LogP contribution in [-0.2, 0) is 11.2 Å². The van der Waals surface area contributed by atoms with Crippen molar-refractivity contribution in [2.75, 3.05) is 13.1 Å². The Morgan fingerprint density at radius 2 is 2.11 bits per heavy atom. The maximum Gasteiger partial charge on any atom is 0.274 e. The third-order valence-corrected chi connectivity index (χ3v) is 3.83. The van der Waals surface area contributed by atoms with Gasteiger partial charge in [0.2, 0.25) is 0 Å². The molecule has 2 aliphatic rings. The number of likely N-dealkylation sites (tertiary alicyclic amines) is 1. The second kappa shape index (κ2) is 4.39. The predicted molar refractivity (Wildman–Crippen MR) is 66.4 cm³/mol. The van der Waals surface area contributed by atoms with Gasteiger partial charge >= 0.3 is 0 Å². The zero-order chi connectivity index (χ0) is 12.7. The number of amides is 1. The number of aromatic nitrogens is 2. The van der Waals surface area contributed by atoms with Crippen LogP contribution < -0.4 is 0 Å². The summed E-state index contributed by atoms with van der Waals surface area (Å²) in [6, 6.07) is 0. The molecular formula is C13H19N3O2. The lowest BCUT2D eigenvalue weighted by atomic mass is 9.99. The maximum absolute atomic E-state index is 12.4. The molecule has 18 heavy (non-hydrogen) atoms. The highest BCUT2D eigenvalue weighted by Crippen LogP contribution is 2.30. The van der Waals surface area contributed by atoms with Crippen LogP contribution in [0.3, 0.4) is 0 Å². The van der Waals surface area contributed by atoms with Gasteiger partial charge in [-0.25, -0.2) is 0 Å². The van der Waals surface area contributed by atoms with Crippen molar-refractivity contribution in [2.24, 2.45) is 0 Å². The number of nitrogens with one attached hydrogen (secondary N) is 1. The van der Waals surface area contributed by atoms with Crippen molar-refractivity contribution in [3.63, 3.8) is 0 Å². The van der Waals surface area contributed by atoms with Gasteiger partial charge in [0.15, 0.2) is 5.69 Å². The van der Waals surface area contributed by atoms with Gasteiger partial charge in [-0.1, -0.05) is 0 Å². The van der Waals surface area contributed by atoms with E-state index in [9.17, 15) is 4.79 Å². The first kappa shape index (κ1) is 11.7. The highest BCUT2D eigenvalue weighted by Gasteiger charge is 2.31. The van der Waals surface area contributed by atoms with Gasteiger partial charge in [-0.15, -0.1) is 0 Å². The van der Waals surface area contributed by atoms with Crippen molar-refractivity contribution in [1.29, 1.82) is 0 Å². The van der Waals surface area contributed by atoms with Crippen LogP contribution in [0.4, 0.5) is 0 Å². The van der Waals surface area contributed by atoms with Crippen LogP contribution in [0.15, 0.2) is 0 Å². The van der Waals surface area contributed by atoms with Crippen molar-refractivity contribution in [1.82, 2.24) is 15.1 Å². The molecule has 5 heteroatoms. The van der Waals surface area contributed by atoms with E-state index in [0.717, 1.165) is 43.6 Å². The first-order chi connectivity index (χ1) is 8.66. The SMILES string of the molecule is C[C@@H]1Cc2c(C(=O)N3CCCC3)n[nH]c2[C@H](C)O1. The van der Waals surface area contributed by atoms with Gasteiger partial charge in [-0.2, -0.15) is 5.10 Å². The Bertz CT molecular complexity index is 463. The van der Waals surface area contributed by atoms with Crippen molar-refractivity contribution in [3.8, 4) is 0 Å². The Morgan fingerprint density at radius 3 is 2.83 bits per heavy atom. The number of hydrogen-bond acceptors (Lipinski definition) is 3. The van der Waals surface area contributed by atoms with E-state index >= 15 is 0 Å². The number of nitrogens with zero attached hydrogens (tertiary/aromatic N) is 2. The minimum absolute atomic E-state index is 0.00335. The summed E-state index contributed by atoms with van der Waals surface area (Å²) < 4.78 is 5.74. The minimum Gasteiger partial charge on any atom is -0.369 e. The second-order valence-electron chi connectivity index (χ2n) is 5.26. The van der Waals surface area contributed by atoms with Gasteiger partial charge in [0.1, 0.15) is 0 Å². The molecule has 0 spiro atoms. The van der Waals surface area contributed by atoms with Gasteiger partial charge in [0.05, 0.1) is 17.9 Å². The third-order valence-electron chi connectivity index (χ3n) is 3.83. The van der Waals surface area contributed by atoms with E-state index in [-0.39, 0.29) is 18.1 Å². The molecule has 0 aliphatic carbocycles. The van der Waals surface area contributed by atoms with Crippen LogP contribution in [-0.4, -0.2) is 40.2 Å². The molecule has 0 unspecified atom stereocenters. The van der Waals surface area contributed by atoms with Crippen LogP contribution in [0.25, 0.3) is 0 Å². The third kappa shape index (κ3) is 1.82. The predicted octanol–water partition coefficient (Wildman–Crippen LogP) is 1.67. The number of hydrogen-bond donors (Lipinski definition) is 1. The van der Waals surface area contributed by atoms with Crippen molar-refractivity contribution in [2.45, 2.75) is 45.3 Å². The average Bonchev–Trinajstić information content (AvgIpc) is 2.96. The molecule has 5 nitrogen and oxygen atoms in total. The van der Waals surface area contributed by atoms with Gasteiger partial charge in [-0.3, -0.25) is 9.89 Å². The number of carbonyl (C=O) groups is 1. The molecule has 2 aliphatic heterocycles. The van der Waals surface area contributed by atoms with E-state index in [0.29, 0.717) is 5.69 Å².